The molecule has 1 amide bonds. The first-order valence-electron chi connectivity index (χ1n) is 6.27. The number of halogens is 1. The molecule has 0 atom stereocenters. The van der Waals surface area contributed by atoms with Crippen LogP contribution in [0.25, 0.3) is 0 Å². The SMILES string of the molecule is CC(C)CCNC(=O)CS(=O)(=O)c1c(N)cccc1Cl. The number of nitrogen functional groups attached to an aromatic ring is 1. The monoisotopic (exact) mass is 318 g/mol. The number of hydrogen-bond donors (Lipinski definition) is 2. The average Bonchev–Trinajstić information content (AvgIpc) is 2.26. The molecule has 1 rings (SSSR count). The van der Waals surface area contributed by atoms with Gasteiger partial charge in [0.1, 0.15) is 10.6 Å². The van der Waals surface area contributed by atoms with E-state index in [4.69, 9.17) is 17.3 Å². The molecule has 0 radical (unpaired) electrons. The lowest BCUT2D eigenvalue weighted by atomic mass is 10.1. The van der Waals surface area contributed by atoms with Crippen LogP contribution in [0.3, 0.4) is 0 Å². The molecular formula is C13H19ClN2O3S. The van der Waals surface area contributed by atoms with Crippen LogP contribution in [0, 0.1) is 5.92 Å². The minimum Gasteiger partial charge on any atom is -0.398 e. The van der Waals surface area contributed by atoms with E-state index in [2.05, 4.69) is 5.32 Å². The first-order chi connectivity index (χ1) is 9.24. The lowest BCUT2D eigenvalue weighted by Gasteiger charge is -2.10. The number of benzene rings is 1. The number of amides is 1. The predicted octanol–water partition coefficient (Wildman–Crippen LogP) is 1.86. The zero-order chi connectivity index (χ0) is 15.3. The summed E-state index contributed by atoms with van der Waals surface area (Å²) in [5.41, 5.74) is 5.68. The van der Waals surface area contributed by atoms with Crippen LogP contribution in [-0.4, -0.2) is 26.6 Å². The van der Waals surface area contributed by atoms with Gasteiger partial charge < -0.3 is 11.1 Å². The van der Waals surface area contributed by atoms with E-state index < -0.39 is 21.5 Å². The summed E-state index contributed by atoms with van der Waals surface area (Å²) in [4.78, 5) is 11.5. The minimum atomic E-state index is -3.84. The van der Waals surface area contributed by atoms with Crippen molar-refractivity contribution in [3.8, 4) is 0 Å². The van der Waals surface area contributed by atoms with Crippen molar-refractivity contribution < 1.29 is 13.2 Å². The minimum absolute atomic E-state index is 0.0278. The molecule has 112 valence electrons. The van der Waals surface area contributed by atoms with E-state index in [9.17, 15) is 13.2 Å². The van der Waals surface area contributed by atoms with Crippen molar-refractivity contribution in [1.29, 1.82) is 0 Å². The molecule has 3 N–H and O–H groups in total. The Morgan fingerprint density at radius 1 is 1.40 bits per heavy atom. The Morgan fingerprint density at radius 2 is 2.05 bits per heavy atom. The Kier molecular flexibility index (Phi) is 5.83. The van der Waals surface area contributed by atoms with Crippen LogP contribution >= 0.6 is 11.6 Å². The van der Waals surface area contributed by atoms with E-state index in [-0.39, 0.29) is 15.6 Å². The highest BCUT2D eigenvalue weighted by Crippen LogP contribution is 2.27. The molecule has 7 heteroatoms. The highest BCUT2D eigenvalue weighted by Gasteiger charge is 2.24. The summed E-state index contributed by atoms with van der Waals surface area (Å²) in [5.74, 6) is -0.768. The number of nitrogens with two attached hydrogens (primary N) is 1. The predicted molar refractivity (Wildman–Crippen MR) is 80.4 cm³/mol. The molecule has 0 bridgehead atoms. The smallest absolute Gasteiger partial charge is 0.235 e. The van der Waals surface area contributed by atoms with Gasteiger partial charge in [0, 0.05) is 6.54 Å². The van der Waals surface area contributed by atoms with Gasteiger partial charge in [-0.15, -0.1) is 0 Å². The molecule has 0 saturated carbocycles. The van der Waals surface area contributed by atoms with Gasteiger partial charge >= 0.3 is 0 Å². The molecule has 20 heavy (non-hydrogen) atoms. The van der Waals surface area contributed by atoms with Crippen LogP contribution in [0.2, 0.25) is 5.02 Å². The van der Waals surface area contributed by atoms with Crippen LogP contribution in [0.15, 0.2) is 23.1 Å². The van der Waals surface area contributed by atoms with Gasteiger partial charge in [0.15, 0.2) is 9.84 Å². The summed E-state index contributed by atoms with van der Waals surface area (Å²) in [6.07, 6.45) is 0.792. The molecular weight excluding hydrogens is 300 g/mol. The summed E-state index contributed by atoms with van der Waals surface area (Å²) in [7, 11) is -3.84. The Morgan fingerprint density at radius 3 is 2.60 bits per heavy atom. The molecule has 0 saturated heterocycles. The first kappa shape index (κ1) is 16.8. The fourth-order valence-corrected chi connectivity index (χ4v) is 3.57. The van der Waals surface area contributed by atoms with Gasteiger partial charge in [0.25, 0.3) is 0 Å². The Balaban J connectivity index is 2.78. The molecule has 0 aliphatic rings. The maximum absolute atomic E-state index is 12.2. The third-order valence-electron chi connectivity index (χ3n) is 2.67. The third-order valence-corrected chi connectivity index (χ3v) is 4.82. The molecule has 1 aromatic rings. The van der Waals surface area contributed by atoms with Crippen molar-refractivity contribution in [3.05, 3.63) is 23.2 Å². The fourth-order valence-electron chi connectivity index (χ4n) is 1.65. The van der Waals surface area contributed by atoms with E-state index >= 15 is 0 Å². The topological polar surface area (TPSA) is 89.3 Å². The number of nitrogens with one attached hydrogen (secondary N) is 1. The Hall–Kier alpha value is -1.27. The largest absolute Gasteiger partial charge is 0.398 e. The van der Waals surface area contributed by atoms with Gasteiger partial charge in [0.05, 0.1) is 10.7 Å². The molecule has 0 aliphatic carbocycles. The summed E-state index contributed by atoms with van der Waals surface area (Å²) in [6.45, 7) is 4.49. The normalized spacial score (nSPS) is 11.6. The molecule has 0 fully saturated rings. The zero-order valence-corrected chi connectivity index (χ0v) is 13.1. The number of carbonyl (C=O) groups is 1. The standard InChI is InChI=1S/C13H19ClN2O3S/c1-9(2)6-7-16-12(17)8-20(18,19)13-10(14)4-3-5-11(13)15/h3-5,9H,6-8,15H2,1-2H3,(H,16,17). The van der Waals surface area contributed by atoms with E-state index in [1.807, 2.05) is 13.8 Å². The lowest BCUT2D eigenvalue weighted by Crippen LogP contribution is -2.31. The van der Waals surface area contributed by atoms with Crippen LogP contribution in [0.4, 0.5) is 5.69 Å². The number of carbonyl (C=O) groups excluding carboxylic acids is 1. The van der Waals surface area contributed by atoms with Crippen LogP contribution in [0.1, 0.15) is 20.3 Å². The van der Waals surface area contributed by atoms with Gasteiger partial charge in [-0.05, 0) is 24.5 Å². The van der Waals surface area contributed by atoms with Crippen molar-refractivity contribution in [2.75, 3.05) is 18.0 Å². The van der Waals surface area contributed by atoms with Gasteiger partial charge in [-0.2, -0.15) is 0 Å². The molecule has 0 aliphatic heterocycles. The van der Waals surface area contributed by atoms with Crippen LogP contribution in [-0.2, 0) is 14.6 Å². The van der Waals surface area contributed by atoms with Gasteiger partial charge in [-0.3, -0.25) is 4.79 Å². The number of rotatable bonds is 6. The maximum Gasteiger partial charge on any atom is 0.235 e. The Bertz CT molecular complexity index is 565. The molecule has 5 nitrogen and oxygen atoms in total. The van der Waals surface area contributed by atoms with Crippen molar-refractivity contribution >= 4 is 33.0 Å². The van der Waals surface area contributed by atoms with E-state index in [1.165, 1.54) is 12.1 Å². The summed E-state index contributed by atoms with van der Waals surface area (Å²) in [6, 6.07) is 4.43. The molecule has 0 unspecified atom stereocenters. The number of hydrogen-bond acceptors (Lipinski definition) is 4. The highest BCUT2D eigenvalue weighted by atomic mass is 35.5. The van der Waals surface area contributed by atoms with E-state index in [0.717, 1.165) is 6.42 Å². The second-order valence-corrected chi connectivity index (χ2v) is 7.28. The zero-order valence-electron chi connectivity index (χ0n) is 11.5. The summed E-state index contributed by atoms with van der Waals surface area (Å²) < 4.78 is 24.3. The van der Waals surface area contributed by atoms with Gasteiger partial charge in [0.2, 0.25) is 5.91 Å². The van der Waals surface area contributed by atoms with E-state index in [0.29, 0.717) is 12.5 Å². The summed E-state index contributed by atoms with van der Waals surface area (Å²) in [5, 5.41) is 2.60. The van der Waals surface area contributed by atoms with Crippen molar-refractivity contribution in [2.45, 2.75) is 25.2 Å². The second kappa shape index (κ2) is 6.95. The molecule has 0 spiro atoms. The van der Waals surface area contributed by atoms with Crippen molar-refractivity contribution in [3.63, 3.8) is 0 Å². The summed E-state index contributed by atoms with van der Waals surface area (Å²) >= 11 is 5.85. The van der Waals surface area contributed by atoms with Crippen molar-refractivity contribution in [1.82, 2.24) is 5.32 Å². The molecule has 1 aromatic carbocycles. The molecule has 0 aromatic heterocycles. The second-order valence-electron chi connectivity index (χ2n) is 4.95. The average molecular weight is 319 g/mol. The van der Waals surface area contributed by atoms with Crippen molar-refractivity contribution in [2.24, 2.45) is 5.92 Å². The number of anilines is 1. The van der Waals surface area contributed by atoms with Gasteiger partial charge in [-0.25, -0.2) is 8.42 Å². The van der Waals surface area contributed by atoms with E-state index in [1.54, 1.807) is 6.07 Å². The third kappa shape index (κ3) is 4.68. The van der Waals surface area contributed by atoms with Gasteiger partial charge in [-0.1, -0.05) is 31.5 Å². The number of sulfone groups is 1. The fraction of sp³-hybridized carbons (Fsp3) is 0.462. The quantitative estimate of drug-likeness (QED) is 0.783. The molecule has 0 heterocycles. The lowest BCUT2D eigenvalue weighted by molar-refractivity contribution is -0.118. The van der Waals surface area contributed by atoms with Crippen LogP contribution < -0.4 is 11.1 Å². The van der Waals surface area contributed by atoms with Crippen LogP contribution in [0.5, 0.6) is 0 Å². The Labute approximate surface area is 124 Å². The first-order valence-corrected chi connectivity index (χ1v) is 8.30. The highest BCUT2D eigenvalue weighted by molar-refractivity contribution is 7.92. The maximum atomic E-state index is 12.2.